The van der Waals surface area contributed by atoms with Crippen LogP contribution in [0.2, 0.25) is 0 Å². The molecule has 1 N–H and O–H groups in total. The van der Waals surface area contributed by atoms with Crippen LogP contribution in [-0.2, 0) is 9.53 Å². The minimum atomic E-state index is -1.04. The molecular formula is C27H33NO6. The van der Waals surface area contributed by atoms with Gasteiger partial charge in [0.15, 0.2) is 23.9 Å². The number of methoxy groups -OCH3 is 1. The molecule has 7 nitrogen and oxygen atoms in total. The predicted molar refractivity (Wildman–Crippen MR) is 129 cm³/mol. The Balaban J connectivity index is 1.78. The zero-order valence-corrected chi connectivity index (χ0v) is 20.1. The molecule has 0 aliphatic heterocycles. The number of hydrogen-bond acceptors (Lipinski definition) is 6. The Bertz CT molecular complexity index is 1020. The van der Waals surface area contributed by atoms with E-state index in [0.29, 0.717) is 29.7 Å². The Labute approximate surface area is 200 Å². The molecular weight excluding hydrogens is 434 g/mol. The number of aryl methyl sites for hydroxylation is 1. The van der Waals surface area contributed by atoms with E-state index in [2.05, 4.69) is 5.32 Å². The van der Waals surface area contributed by atoms with Gasteiger partial charge in [0.2, 0.25) is 0 Å². The lowest BCUT2D eigenvalue weighted by Gasteiger charge is -2.31. The summed E-state index contributed by atoms with van der Waals surface area (Å²) in [5.74, 6) is -0.280. The quantitative estimate of drug-likeness (QED) is 0.328. The van der Waals surface area contributed by atoms with E-state index in [4.69, 9.17) is 14.2 Å². The van der Waals surface area contributed by atoms with Crippen molar-refractivity contribution in [3.05, 3.63) is 59.2 Å². The summed E-state index contributed by atoms with van der Waals surface area (Å²) in [6.07, 6.45) is 4.82. The number of nitrogens with one attached hydrogen (secondary N) is 1. The van der Waals surface area contributed by atoms with Gasteiger partial charge < -0.3 is 19.5 Å². The van der Waals surface area contributed by atoms with Crippen molar-refractivity contribution >= 4 is 17.7 Å². The summed E-state index contributed by atoms with van der Waals surface area (Å²) < 4.78 is 16.4. The fourth-order valence-corrected chi connectivity index (χ4v) is 4.25. The summed E-state index contributed by atoms with van der Waals surface area (Å²) in [4.78, 5) is 38.6. The smallest absolute Gasteiger partial charge is 0.331 e. The van der Waals surface area contributed by atoms with Crippen LogP contribution in [0.5, 0.6) is 11.5 Å². The first-order chi connectivity index (χ1) is 16.4. The van der Waals surface area contributed by atoms with Gasteiger partial charge in [-0.1, -0.05) is 49.4 Å². The molecule has 0 radical (unpaired) electrons. The number of ether oxygens (including phenoxy) is 3. The van der Waals surface area contributed by atoms with E-state index in [1.807, 2.05) is 19.1 Å². The molecule has 1 aliphatic carbocycles. The van der Waals surface area contributed by atoms with Gasteiger partial charge in [-0.25, -0.2) is 4.79 Å². The number of Topliss-reactive ketones (excluding diaryl/α,β-unsaturated/α-hetero) is 1. The third-order valence-corrected chi connectivity index (χ3v) is 6.10. The van der Waals surface area contributed by atoms with Gasteiger partial charge in [-0.2, -0.15) is 0 Å². The van der Waals surface area contributed by atoms with Crippen LogP contribution in [-0.4, -0.2) is 43.5 Å². The van der Waals surface area contributed by atoms with E-state index >= 15 is 0 Å². The van der Waals surface area contributed by atoms with Crippen molar-refractivity contribution in [2.75, 3.05) is 20.3 Å². The normalized spacial score (nSPS) is 15.0. The average Bonchev–Trinajstić information content (AvgIpc) is 3.09. The van der Waals surface area contributed by atoms with Crippen LogP contribution >= 0.6 is 0 Å². The Morgan fingerprint density at radius 3 is 2.32 bits per heavy atom. The second-order valence-corrected chi connectivity index (χ2v) is 8.62. The van der Waals surface area contributed by atoms with E-state index in [1.165, 1.54) is 13.2 Å². The molecule has 182 valence electrons. The standard InChI is InChI=1S/C27H33NO6/c1-4-33-26(31)27(14-7-5-6-8-15-27)28-25(30)21-12-13-23(32-3)24(17-21)34-18-22(29)20-11-9-10-19(2)16-20/h9-13,16-17H,4-8,14-15,18H2,1-3H3,(H,28,30). The lowest BCUT2D eigenvalue weighted by Crippen LogP contribution is -2.55. The topological polar surface area (TPSA) is 90.9 Å². The zero-order valence-electron chi connectivity index (χ0n) is 20.1. The lowest BCUT2D eigenvalue weighted by molar-refractivity contribution is -0.151. The molecule has 0 atom stereocenters. The molecule has 3 rings (SSSR count). The minimum absolute atomic E-state index is 0.180. The first-order valence-electron chi connectivity index (χ1n) is 11.8. The molecule has 0 unspecified atom stereocenters. The summed E-state index contributed by atoms with van der Waals surface area (Å²) >= 11 is 0. The summed E-state index contributed by atoms with van der Waals surface area (Å²) in [5, 5.41) is 2.96. The fourth-order valence-electron chi connectivity index (χ4n) is 4.25. The van der Waals surface area contributed by atoms with E-state index < -0.39 is 11.4 Å². The van der Waals surface area contributed by atoms with Gasteiger partial charge in [0, 0.05) is 11.1 Å². The Morgan fingerprint density at radius 1 is 0.941 bits per heavy atom. The summed E-state index contributed by atoms with van der Waals surface area (Å²) in [5.41, 5.74) is 0.812. The van der Waals surface area contributed by atoms with Gasteiger partial charge in [0.1, 0.15) is 5.54 Å². The van der Waals surface area contributed by atoms with Gasteiger partial charge >= 0.3 is 5.97 Å². The monoisotopic (exact) mass is 467 g/mol. The van der Waals surface area contributed by atoms with Crippen LogP contribution in [0.3, 0.4) is 0 Å². The maximum atomic E-state index is 13.2. The highest BCUT2D eigenvalue weighted by Crippen LogP contribution is 2.31. The van der Waals surface area contributed by atoms with Crippen LogP contribution in [0, 0.1) is 6.92 Å². The molecule has 1 fully saturated rings. The van der Waals surface area contributed by atoms with E-state index in [9.17, 15) is 14.4 Å². The first-order valence-corrected chi connectivity index (χ1v) is 11.8. The molecule has 1 saturated carbocycles. The molecule has 1 amide bonds. The van der Waals surface area contributed by atoms with Crippen molar-refractivity contribution in [3.63, 3.8) is 0 Å². The Kier molecular flexibility index (Phi) is 8.68. The summed E-state index contributed by atoms with van der Waals surface area (Å²) in [6.45, 7) is 3.74. The van der Waals surface area contributed by atoms with Crippen LogP contribution in [0.1, 0.15) is 71.7 Å². The number of carbonyl (C=O) groups is 3. The number of hydrogen-bond donors (Lipinski definition) is 1. The third-order valence-electron chi connectivity index (χ3n) is 6.10. The van der Waals surface area contributed by atoms with Crippen LogP contribution in [0.15, 0.2) is 42.5 Å². The highest BCUT2D eigenvalue weighted by molar-refractivity contribution is 5.99. The van der Waals surface area contributed by atoms with E-state index in [1.54, 1.807) is 31.2 Å². The van der Waals surface area contributed by atoms with Crippen LogP contribution in [0.25, 0.3) is 0 Å². The molecule has 2 aromatic carbocycles. The molecule has 0 aromatic heterocycles. The minimum Gasteiger partial charge on any atom is -0.493 e. The third kappa shape index (κ3) is 6.16. The second-order valence-electron chi connectivity index (χ2n) is 8.62. The molecule has 34 heavy (non-hydrogen) atoms. The average molecular weight is 468 g/mol. The Hall–Kier alpha value is -3.35. The summed E-state index contributed by atoms with van der Waals surface area (Å²) in [6, 6.07) is 12.0. The molecule has 0 spiro atoms. The SMILES string of the molecule is CCOC(=O)C1(NC(=O)c2ccc(OC)c(OCC(=O)c3cccc(C)c3)c2)CCCCCC1. The molecule has 7 heteroatoms. The molecule has 2 aromatic rings. The zero-order chi connectivity index (χ0) is 24.6. The molecule has 0 heterocycles. The predicted octanol–water partition coefficient (Wildman–Crippen LogP) is 4.65. The van der Waals surface area contributed by atoms with Crippen molar-refractivity contribution < 1.29 is 28.6 Å². The molecule has 0 saturated heterocycles. The Morgan fingerprint density at radius 2 is 1.68 bits per heavy atom. The van der Waals surface area contributed by atoms with Crippen LogP contribution < -0.4 is 14.8 Å². The van der Waals surface area contributed by atoms with Crippen molar-refractivity contribution in [1.82, 2.24) is 5.32 Å². The number of benzene rings is 2. The molecule has 0 bridgehead atoms. The number of esters is 1. The number of carbonyl (C=O) groups excluding carboxylic acids is 3. The largest absolute Gasteiger partial charge is 0.493 e. The highest BCUT2D eigenvalue weighted by Gasteiger charge is 2.41. The number of ketones is 1. The maximum absolute atomic E-state index is 13.2. The number of amides is 1. The lowest BCUT2D eigenvalue weighted by atomic mass is 9.89. The van der Waals surface area contributed by atoms with Crippen molar-refractivity contribution in [1.29, 1.82) is 0 Å². The van der Waals surface area contributed by atoms with Gasteiger partial charge in [0.25, 0.3) is 5.91 Å². The van der Waals surface area contributed by atoms with Crippen LogP contribution in [0.4, 0.5) is 0 Å². The van der Waals surface area contributed by atoms with Gasteiger partial charge in [-0.05, 0) is 51.0 Å². The maximum Gasteiger partial charge on any atom is 0.331 e. The van der Waals surface area contributed by atoms with Crippen molar-refractivity contribution in [2.45, 2.75) is 57.9 Å². The fraction of sp³-hybridized carbons (Fsp3) is 0.444. The number of rotatable bonds is 9. The van der Waals surface area contributed by atoms with E-state index in [-0.39, 0.29) is 30.7 Å². The highest BCUT2D eigenvalue weighted by atomic mass is 16.5. The molecule has 1 aliphatic rings. The van der Waals surface area contributed by atoms with Gasteiger partial charge in [0.05, 0.1) is 13.7 Å². The van der Waals surface area contributed by atoms with Crippen molar-refractivity contribution in [3.8, 4) is 11.5 Å². The van der Waals surface area contributed by atoms with E-state index in [0.717, 1.165) is 31.2 Å². The van der Waals surface area contributed by atoms with Crippen molar-refractivity contribution in [2.24, 2.45) is 0 Å². The summed E-state index contributed by atoms with van der Waals surface area (Å²) in [7, 11) is 1.49. The van der Waals surface area contributed by atoms with Gasteiger partial charge in [-0.3, -0.25) is 9.59 Å². The van der Waals surface area contributed by atoms with Gasteiger partial charge in [-0.15, -0.1) is 0 Å². The second kappa shape index (κ2) is 11.7. The first kappa shape index (κ1) is 25.3.